The summed E-state index contributed by atoms with van der Waals surface area (Å²) in [5.41, 5.74) is 5.82. The molecule has 78 valence electrons. The molecule has 0 saturated carbocycles. The first kappa shape index (κ1) is 12.4. The van der Waals surface area contributed by atoms with Crippen molar-refractivity contribution in [1.29, 1.82) is 0 Å². The van der Waals surface area contributed by atoms with Crippen molar-refractivity contribution in [3.05, 3.63) is 0 Å². The van der Waals surface area contributed by atoms with Crippen LogP contribution in [0.1, 0.15) is 27.2 Å². The van der Waals surface area contributed by atoms with Crippen LogP contribution in [0.5, 0.6) is 0 Å². The Balaban J connectivity index is 3.73. The van der Waals surface area contributed by atoms with Crippen molar-refractivity contribution in [1.82, 2.24) is 4.90 Å². The van der Waals surface area contributed by atoms with E-state index in [9.17, 15) is 0 Å². The van der Waals surface area contributed by atoms with Crippen LogP contribution in [0.3, 0.4) is 0 Å². The van der Waals surface area contributed by atoms with Crippen LogP contribution in [0.2, 0.25) is 0 Å². The number of nitrogens with two attached hydrogens (primary N) is 1. The molecule has 0 atom stereocenters. The number of amidine groups is 1. The lowest BCUT2D eigenvalue weighted by atomic mass is 9.95. The van der Waals surface area contributed by atoms with E-state index in [0.717, 1.165) is 25.3 Å². The van der Waals surface area contributed by atoms with Gasteiger partial charge in [-0.2, -0.15) is 0 Å². The molecule has 0 aromatic heterocycles. The van der Waals surface area contributed by atoms with Crippen molar-refractivity contribution in [2.45, 2.75) is 27.2 Å². The Morgan fingerprint density at radius 2 is 1.85 bits per heavy atom. The molecule has 3 nitrogen and oxygen atoms in total. The first-order chi connectivity index (χ1) is 5.84. The van der Waals surface area contributed by atoms with Gasteiger partial charge in [0.25, 0.3) is 0 Å². The van der Waals surface area contributed by atoms with Crippen molar-refractivity contribution in [2.24, 2.45) is 16.1 Å². The largest absolute Gasteiger partial charge is 0.387 e. The minimum Gasteiger partial charge on any atom is -0.387 e. The highest BCUT2D eigenvalue weighted by molar-refractivity contribution is 5.85. The van der Waals surface area contributed by atoms with Crippen LogP contribution in [0.25, 0.3) is 0 Å². The molecule has 0 aliphatic heterocycles. The molecule has 13 heavy (non-hydrogen) atoms. The third kappa shape index (κ3) is 6.58. The van der Waals surface area contributed by atoms with Gasteiger partial charge in [-0.3, -0.25) is 4.99 Å². The van der Waals surface area contributed by atoms with Crippen molar-refractivity contribution < 1.29 is 0 Å². The quantitative estimate of drug-likeness (QED) is 0.408. The zero-order chi connectivity index (χ0) is 10.5. The molecule has 3 heteroatoms. The van der Waals surface area contributed by atoms with Gasteiger partial charge in [0, 0.05) is 12.0 Å². The van der Waals surface area contributed by atoms with Gasteiger partial charge in [-0.15, -0.1) is 0 Å². The average molecular weight is 185 g/mol. The van der Waals surface area contributed by atoms with Crippen LogP contribution >= 0.6 is 0 Å². The molecular formula is C10H23N3. The molecule has 0 aliphatic rings. The van der Waals surface area contributed by atoms with Gasteiger partial charge in [0.05, 0.1) is 5.84 Å². The second kappa shape index (κ2) is 5.22. The van der Waals surface area contributed by atoms with Crippen molar-refractivity contribution in [3.63, 3.8) is 0 Å². The lowest BCUT2D eigenvalue weighted by Gasteiger charge is -2.17. The number of nitrogens with zero attached hydrogens (tertiary/aromatic N) is 2. The highest BCUT2D eigenvalue weighted by Crippen LogP contribution is 2.12. The van der Waals surface area contributed by atoms with E-state index < -0.39 is 0 Å². The first-order valence-corrected chi connectivity index (χ1v) is 4.79. The van der Waals surface area contributed by atoms with Crippen LogP contribution in [0.4, 0.5) is 0 Å². The van der Waals surface area contributed by atoms with Gasteiger partial charge >= 0.3 is 0 Å². The van der Waals surface area contributed by atoms with Crippen LogP contribution in [-0.4, -0.2) is 37.9 Å². The summed E-state index contributed by atoms with van der Waals surface area (Å²) in [5.74, 6) is 0.756. The van der Waals surface area contributed by atoms with Gasteiger partial charge in [0.15, 0.2) is 0 Å². The maximum Gasteiger partial charge on any atom is 0.0991 e. The number of hydrogen-bond acceptors (Lipinski definition) is 2. The molecule has 0 aliphatic carbocycles. The fourth-order valence-corrected chi connectivity index (χ4v) is 0.824. The molecule has 2 N–H and O–H groups in total. The predicted octanol–water partition coefficient (Wildman–Crippen LogP) is 1.34. The summed E-state index contributed by atoms with van der Waals surface area (Å²) in [5, 5.41) is 0. The van der Waals surface area contributed by atoms with Gasteiger partial charge in [-0.25, -0.2) is 0 Å². The summed E-state index contributed by atoms with van der Waals surface area (Å²) >= 11 is 0. The van der Waals surface area contributed by atoms with E-state index in [2.05, 4.69) is 44.8 Å². The summed E-state index contributed by atoms with van der Waals surface area (Å²) in [6.45, 7) is 8.15. The van der Waals surface area contributed by atoms with E-state index in [1.165, 1.54) is 0 Å². The zero-order valence-electron chi connectivity index (χ0n) is 9.59. The topological polar surface area (TPSA) is 41.6 Å². The minimum absolute atomic E-state index is 0.0120. The summed E-state index contributed by atoms with van der Waals surface area (Å²) in [6.07, 6.45) is 1.07. The maximum atomic E-state index is 5.80. The second-order valence-corrected chi connectivity index (χ2v) is 4.67. The van der Waals surface area contributed by atoms with E-state index in [1.807, 2.05) is 0 Å². The van der Waals surface area contributed by atoms with Gasteiger partial charge in [-0.1, -0.05) is 20.8 Å². The minimum atomic E-state index is 0.0120. The van der Waals surface area contributed by atoms with Gasteiger partial charge < -0.3 is 10.6 Å². The Morgan fingerprint density at radius 3 is 2.23 bits per heavy atom. The van der Waals surface area contributed by atoms with Crippen LogP contribution in [0, 0.1) is 5.41 Å². The van der Waals surface area contributed by atoms with Crippen LogP contribution in [-0.2, 0) is 0 Å². The van der Waals surface area contributed by atoms with E-state index in [4.69, 9.17) is 5.73 Å². The molecule has 0 fully saturated rings. The molecule has 0 unspecified atom stereocenters. The molecule has 0 spiro atoms. The lowest BCUT2D eigenvalue weighted by Crippen LogP contribution is -2.29. The first-order valence-electron chi connectivity index (χ1n) is 4.79. The zero-order valence-corrected chi connectivity index (χ0v) is 9.59. The molecule has 0 aromatic carbocycles. The van der Waals surface area contributed by atoms with E-state index >= 15 is 0 Å². The van der Waals surface area contributed by atoms with E-state index in [0.29, 0.717) is 0 Å². The molecular weight excluding hydrogens is 162 g/mol. The van der Waals surface area contributed by atoms with Crippen LogP contribution < -0.4 is 5.73 Å². The number of aliphatic imine (C=N–C) groups is 1. The monoisotopic (exact) mass is 185 g/mol. The maximum absolute atomic E-state index is 5.80. The summed E-state index contributed by atoms with van der Waals surface area (Å²) in [4.78, 5) is 6.49. The van der Waals surface area contributed by atoms with E-state index in [1.54, 1.807) is 0 Å². The fourth-order valence-electron chi connectivity index (χ4n) is 0.824. The van der Waals surface area contributed by atoms with Crippen molar-refractivity contribution >= 4 is 5.84 Å². The Kier molecular flexibility index (Phi) is 4.99. The Morgan fingerprint density at radius 1 is 1.31 bits per heavy atom. The molecule has 0 heterocycles. The van der Waals surface area contributed by atoms with Crippen molar-refractivity contribution in [3.8, 4) is 0 Å². The highest BCUT2D eigenvalue weighted by atomic mass is 15.0. The van der Waals surface area contributed by atoms with Gasteiger partial charge in [-0.05, 0) is 27.1 Å². The molecule has 0 amide bonds. The standard InChI is InChI=1S/C10H23N3/c1-10(2,3)9(11)12-7-6-8-13(4)5/h6-8H2,1-5H3,(H2,11,12). The smallest absolute Gasteiger partial charge is 0.0991 e. The second-order valence-electron chi connectivity index (χ2n) is 4.67. The Hall–Kier alpha value is -0.570. The third-order valence-corrected chi connectivity index (χ3v) is 1.81. The summed E-state index contributed by atoms with van der Waals surface area (Å²) < 4.78 is 0. The van der Waals surface area contributed by atoms with Crippen LogP contribution in [0.15, 0.2) is 4.99 Å². The number of rotatable bonds is 4. The van der Waals surface area contributed by atoms with E-state index in [-0.39, 0.29) is 5.41 Å². The van der Waals surface area contributed by atoms with Gasteiger partial charge in [0.2, 0.25) is 0 Å². The molecule has 0 saturated heterocycles. The average Bonchev–Trinajstić information content (AvgIpc) is 1.95. The fraction of sp³-hybridized carbons (Fsp3) is 0.900. The normalized spacial score (nSPS) is 13.8. The Bertz CT molecular complexity index is 165. The third-order valence-electron chi connectivity index (χ3n) is 1.81. The number of hydrogen-bond donors (Lipinski definition) is 1. The SMILES string of the molecule is CN(C)CCCN=C(N)C(C)(C)C. The van der Waals surface area contributed by atoms with Crippen molar-refractivity contribution in [2.75, 3.05) is 27.2 Å². The van der Waals surface area contributed by atoms with Gasteiger partial charge in [0.1, 0.15) is 0 Å². The molecule has 0 aromatic rings. The summed E-state index contributed by atoms with van der Waals surface area (Å²) in [6, 6.07) is 0. The Labute approximate surface area is 82.0 Å². The lowest BCUT2D eigenvalue weighted by molar-refractivity contribution is 0.403. The molecule has 0 rings (SSSR count). The summed E-state index contributed by atoms with van der Waals surface area (Å²) in [7, 11) is 4.13. The predicted molar refractivity (Wildman–Crippen MR) is 59.1 cm³/mol. The molecule has 0 bridgehead atoms. The molecule has 0 radical (unpaired) electrons. The highest BCUT2D eigenvalue weighted by Gasteiger charge is 2.14.